The average molecular weight is 660 g/mol. The first-order valence-electron chi connectivity index (χ1n) is 17.9. The van der Waals surface area contributed by atoms with Crippen LogP contribution >= 0.6 is 0 Å². The van der Waals surface area contributed by atoms with Gasteiger partial charge in [-0.1, -0.05) is 140 Å². The third-order valence-electron chi connectivity index (χ3n) is 11.3. The lowest BCUT2D eigenvalue weighted by atomic mass is 9.84. The molecule has 0 saturated heterocycles. The van der Waals surface area contributed by atoms with Crippen molar-refractivity contribution >= 4 is 86.8 Å². The molecule has 0 atom stereocenters. The second-order valence-corrected chi connectivity index (χ2v) is 14.0. The number of para-hydroxylation sites is 1. The number of nitrogens with zero attached hydrogens (tertiary/aromatic N) is 1. The minimum Gasteiger partial charge on any atom is -0.456 e. The van der Waals surface area contributed by atoms with E-state index in [1.807, 2.05) is 0 Å². The van der Waals surface area contributed by atoms with E-state index < -0.39 is 0 Å². The van der Waals surface area contributed by atoms with E-state index in [0.29, 0.717) is 0 Å². The number of fused-ring (bicyclic) bond motifs is 7. The number of aromatic nitrogens is 1. The van der Waals surface area contributed by atoms with Crippen LogP contribution in [0, 0.1) is 0 Å². The molecule has 0 aliphatic rings. The van der Waals surface area contributed by atoms with E-state index in [2.05, 4.69) is 180 Å². The predicted molar refractivity (Wildman–Crippen MR) is 220 cm³/mol. The molecule has 52 heavy (non-hydrogen) atoms. The van der Waals surface area contributed by atoms with Crippen LogP contribution in [0.15, 0.2) is 180 Å². The quantitative estimate of drug-likeness (QED) is 0.136. The maximum atomic E-state index is 6.36. The highest BCUT2D eigenvalue weighted by Crippen LogP contribution is 2.48. The Morgan fingerprint density at radius 3 is 1.71 bits per heavy atom. The van der Waals surface area contributed by atoms with Crippen molar-refractivity contribution in [3.63, 3.8) is 0 Å². The Morgan fingerprint density at radius 2 is 0.942 bits per heavy atom. The fraction of sp³-hybridized carbons (Fsp3) is 0. The van der Waals surface area contributed by atoms with Crippen molar-refractivity contribution in [1.29, 1.82) is 0 Å². The Bertz CT molecular complexity index is 3340. The van der Waals surface area contributed by atoms with Gasteiger partial charge in [0.1, 0.15) is 11.2 Å². The van der Waals surface area contributed by atoms with Crippen LogP contribution in [0.5, 0.6) is 0 Å². The lowest BCUT2D eigenvalue weighted by Crippen LogP contribution is -1.95. The highest BCUT2D eigenvalue weighted by atomic mass is 16.3. The van der Waals surface area contributed by atoms with Crippen LogP contribution in [0.2, 0.25) is 0 Å². The second kappa shape index (κ2) is 10.3. The maximum absolute atomic E-state index is 6.36. The molecular formula is C50H29NO. The number of rotatable bonds is 3. The summed E-state index contributed by atoms with van der Waals surface area (Å²) in [4.78, 5) is 0. The standard InChI is InChI=1S/C50H29NO/c1-2-12-34-30(10-1)22-27-42-35-13-7-8-18-43(35)51(50(34)42)33-24-20-32(21-25-33)46-36-14-3-5-16-38(36)48(39-17-6-4-15-37(39)46)40-28-29-45-49-41(40)26-23-31-11-9-19-44(52-45)47(31)49/h1-29H. The Kier molecular flexibility index (Phi) is 5.53. The van der Waals surface area contributed by atoms with Crippen LogP contribution in [0.4, 0.5) is 0 Å². The van der Waals surface area contributed by atoms with Crippen LogP contribution < -0.4 is 0 Å². The normalized spacial score (nSPS) is 12.2. The highest BCUT2D eigenvalue weighted by Gasteiger charge is 2.21. The van der Waals surface area contributed by atoms with Gasteiger partial charge >= 0.3 is 0 Å². The molecule has 2 nitrogen and oxygen atoms in total. The first kappa shape index (κ1) is 27.9. The van der Waals surface area contributed by atoms with Gasteiger partial charge in [0.05, 0.1) is 11.0 Å². The SMILES string of the molecule is c1ccc2c(c1)ccc1c3ccccc3n(-c3ccc(-c4c5ccccc5c(-c5ccc6oc7cccc8ccc5c6c87)c5ccccc45)cc3)c21. The number of furan rings is 1. The summed E-state index contributed by atoms with van der Waals surface area (Å²) >= 11 is 0. The minimum atomic E-state index is 0.937. The molecule has 0 aliphatic carbocycles. The molecule has 0 saturated carbocycles. The number of hydrogen-bond acceptors (Lipinski definition) is 1. The Morgan fingerprint density at radius 1 is 0.346 bits per heavy atom. The molecule has 0 unspecified atom stereocenters. The monoisotopic (exact) mass is 659 g/mol. The van der Waals surface area contributed by atoms with Crippen LogP contribution in [-0.4, -0.2) is 4.57 Å². The first-order valence-corrected chi connectivity index (χ1v) is 17.9. The summed E-state index contributed by atoms with van der Waals surface area (Å²) in [5.74, 6) is 0. The topological polar surface area (TPSA) is 18.1 Å². The van der Waals surface area contributed by atoms with Crippen molar-refractivity contribution in [2.45, 2.75) is 0 Å². The zero-order valence-corrected chi connectivity index (χ0v) is 28.1. The summed E-state index contributed by atoms with van der Waals surface area (Å²) in [6, 6.07) is 64.3. The molecule has 12 aromatic rings. The van der Waals surface area contributed by atoms with Crippen LogP contribution in [-0.2, 0) is 0 Å². The lowest BCUT2D eigenvalue weighted by molar-refractivity contribution is 0.669. The van der Waals surface area contributed by atoms with E-state index in [1.165, 1.54) is 97.9 Å². The van der Waals surface area contributed by atoms with Crippen molar-refractivity contribution in [1.82, 2.24) is 4.57 Å². The average Bonchev–Trinajstić information content (AvgIpc) is 3.76. The second-order valence-electron chi connectivity index (χ2n) is 14.0. The fourth-order valence-electron chi connectivity index (χ4n) is 9.17. The zero-order chi connectivity index (χ0) is 33.9. The molecule has 0 radical (unpaired) electrons. The summed E-state index contributed by atoms with van der Waals surface area (Å²) in [7, 11) is 0. The van der Waals surface area contributed by atoms with Gasteiger partial charge in [-0.3, -0.25) is 0 Å². The van der Waals surface area contributed by atoms with E-state index in [0.717, 1.165) is 16.9 Å². The molecule has 12 rings (SSSR count). The predicted octanol–water partition coefficient (Wildman–Crippen LogP) is 14.1. The molecule has 2 aromatic heterocycles. The summed E-state index contributed by atoms with van der Waals surface area (Å²) < 4.78 is 8.80. The molecule has 2 heteroatoms. The fourth-order valence-corrected chi connectivity index (χ4v) is 9.17. The summed E-state index contributed by atoms with van der Waals surface area (Å²) in [6.07, 6.45) is 0. The van der Waals surface area contributed by atoms with Crippen molar-refractivity contribution < 1.29 is 4.42 Å². The third-order valence-corrected chi connectivity index (χ3v) is 11.3. The van der Waals surface area contributed by atoms with E-state index >= 15 is 0 Å². The van der Waals surface area contributed by atoms with Gasteiger partial charge in [0.2, 0.25) is 0 Å². The van der Waals surface area contributed by atoms with Crippen LogP contribution in [0.1, 0.15) is 0 Å². The van der Waals surface area contributed by atoms with Crippen molar-refractivity contribution in [2.24, 2.45) is 0 Å². The maximum Gasteiger partial charge on any atom is 0.136 e. The summed E-state index contributed by atoms with van der Waals surface area (Å²) in [6.45, 7) is 0. The molecule has 10 aromatic carbocycles. The molecule has 2 heterocycles. The molecular weight excluding hydrogens is 631 g/mol. The van der Waals surface area contributed by atoms with E-state index in [-0.39, 0.29) is 0 Å². The Balaban J connectivity index is 1.11. The van der Waals surface area contributed by atoms with Gasteiger partial charge in [-0.15, -0.1) is 0 Å². The van der Waals surface area contributed by atoms with Gasteiger partial charge in [-0.2, -0.15) is 0 Å². The van der Waals surface area contributed by atoms with Gasteiger partial charge in [0, 0.05) is 32.6 Å². The summed E-state index contributed by atoms with van der Waals surface area (Å²) in [5.41, 5.74) is 10.5. The van der Waals surface area contributed by atoms with Crippen molar-refractivity contribution in [3.8, 4) is 27.9 Å². The van der Waals surface area contributed by atoms with E-state index in [4.69, 9.17) is 4.42 Å². The zero-order valence-electron chi connectivity index (χ0n) is 28.1. The van der Waals surface area contributed by atoms with E-state index in [9.17, 15) is 0 Å². The molecule has 240 valence electrons. The molecule has 0 amide bonds. The van der Waals surface area contributed by atoms with Crippen LogP contribution in [0.25, 0.3) is 115 Å². The van der Waals surface area contributed by atoms with Gasteiger partial charge in [0.25, 0.3) is 0 Å². The van der Waals surface area contributed by atoms with Gasteiger partial charge in [0.15, 0.2) is 0 Å². The molecule has 0 bridgehead atoms. The van der Waals surface area contributed by atoms with Gasteiger partial charge in [-0.25, -0.2) is 0 Å². The number of hydrogen-bond donors (Lipinski definition) is 0. The van der Waals surface area contributed by atoms with Gasteiger partial charge in [-0.05, 0) is 96.4 Å². The molecule has 0 N–H and O–H groups in total. The smallest absolute Gasteiger partial charge is 0.136 e. The highest BCUT2D eigenvalue weighted by molar-refractivity contribution is 6.29. The molecule has 0 fully saturated rings. The Hall–Kier alpha value is -6.90. The van der Waals surface area contributed by atoms with Crippen molar-refractivity contribution in [2.75, 3.05) is 0 Å². The van der Waals surface area contributed by atoms with E-state index in [1.54, 1.807) is 0 Å². The molecule has 0 aliphatic heterocycles. The Labute approximate surface area is 298 Å². The van der Waals surface area contributed by atoms with Crippen LogP contribution in [0.3, 0.4) is 0 Å². The lowest BCUT2D eigenvalue weighted by Gasteiger charge is -2.19. The first-order chi connectivity index (χ1) is 25.8. The third kappa shape index (κ3) is 3.68. The number of benzene rings is 10. The minimum absolute atomic E-state index is 0.937. The van der Waals surface area contributed by atoms with Gasteiger partial charge < -0.3 is 8.98 Å². The largest absolute Gasteiger partial charge is 0.456 e. The molecule has 0 spiro atoms. The van der Waals surface area contributed by atoms with Crippen molar-refractivity contribution in [3.05, 3.63) is 176 Å². The summed E-state index contributed by atoms with van der Waals surface area (Å²) in [5, 5.41) is 14.9.